The molecule has 0 aliphatic carbocycles. The molecule has 6 heteroatoms. The van der Waals surface area contributed by atoms with Gasteiger partial charge in [-0.2, -0.15) is 5.10 Å². The van der Waals surface area contributed by atoms with Crippen molar-refractivity contribution in [1.82, 2.24) is 25.4 Å². The van der Waals surface area contributed by atoms with Crippen LogP contribution in [-0.2, 0) is 6.54 Å². The van der Waals surface area contributed by atoms with Crippen molar-refractivity contribution in [2.24, 2.45) is 0 Å². The summed E-state index contributed by atoms with van der Waals surface area (Å²) in [6.07, 6.45) is 5.27. The topological polar surface area (TPSA) is 71.8 Å². The van der Waals surface area contributed by atoms with E-state index >= 15 is 0 Å². The second-order valence-electron chi connectivity index (χ2n) is 5.43. The third-order valence-electron chi connectivity index (χ3n) is 3.65. The lowest BCUT2D eigenvalue weighted by Gasteiger charge is -2.15. The summed E-state index contributed by atoms with van der Waals surface area (Å²) in [5, 5.41) is 9.88. The minimum atomic E-state index is -0.206. The number of urea groups is 1. The van der Waals surface area contributed by atoms with Crippen LogP contribution in [0, 0.1) is 0 Å². The van der Waals surface area contributed by atoms with Crippen molar-refractivity contribution in [1.29, 1.82) is 0 Å². The molecule has 2 N–H and O–H groups in total. The molecule has 2 aromatic heterocycles. The summed E-state index contributed by atoms with van der Waals surface area (Å²) in [6.45, 7) is 2.37. The molecule has 0 bridgehead atoms. The van der Waals surface area contributed by atoms with Gasteiger partial charge in [0, 0.05) is 25.1 Å². The Kier molecular flexibility index (Phi) is 4.86. The van der Waals surface area contributed by atoms with Gasteiger partial charge < -0.3 is 10.6 Å². The van der Waals surface area contributed by atoms with Crippen molar-refractivity contribution >= 4 is 6.03 Å². The van der Waals surface area contributed by atoms with Gasteiger partial charge in [0.2, 0.25) is 0 Å². The van der Waals surface area contributed by atoms with Gasteiger partial charge in [-0.15, -0.1) is 0 Å². The van der Waals surface area contributed by atoms with Crippen molar-refractivity contribution in [3.63, 3.8) is 0 Å². The normalized spacial score (nSPS) is 11.7. The van der Waals surface area contributed by atoms with Crippen LogP contribution in [-0.4, -0.2) is 20.8 Å². The summed E-state index contributed by atoms with van der Waals surface area (Å²) in [5.41, 5.74) is 1.99. The Balaban J connectivity index is 1.51. The molecule has 0 radical (unpaired) electrons. The zero-order chi connectivity index (χ0) is 16.8. The summed E-state index contributed by atoms with van der Waals surface area (Å²) >= 11 is 0. The lowest BCUT2D eigenvalue weighted by molar-refractivity contribution is 0.237. The number of amides is 2. The summed E-state index contributed by atoms with van der Waals surface area (Å²) < 4.78 is 1.69. The molecule has 0 saturated carbocycles. The molecule has 2 heterocycles. The highest BCUT2D eigenvalue weighted by molar-refractivity contribution is 5.74. The van der Waals surface area contributed by atoms with E-state index in [9.17, 15) is 4.79 Å². The fourth-order valence-corrected chi connectivity index (χ4v) is 2.32. The molecule has 0 unspecified atom stereocenters. The molecule has 3 aromatic rings. The molecule has 0 spiro atoms. The third-order valence-corrected chi connectivity index (χ3v) is 3.65. The van der Waals surface area contributed by atoms with Crippen molar-refractivity contribution in [2.75, 3.05) is 0 Å². The number of nitrogens with one attached hydrogen (secondary N) is 2. The first-order chi connectivity index (χ1) is 11.7. The van der Waals surface area contributed by atoms with Gasteiger partial charge in [-0.05, 0) is 30.2 Å². The number of nitrogens with zero attached hydrogens (tertiary/aromatic N) is 3. The van der Waals surface area contributed by atoms with Gasteiger partial charge in [-0.25, -0.2) is 14.5 Å². The van der Waals surface area contributed by atoms with E-state index < -0.39 is 0 Å². The second kappa shape index (κ2) is 7.41. The molecule has 1 atom stereocenters. The van der Waals surface area contributed by atoms with Crippen LogP contribution in [0.5, 0.6) is 0 Å². The molecule has 6 nitrogen and oxygen atoms in total. The van der Waals surface area contributed by atoms with Gasteiger partial charge in [-0.1, -0.05) is 36.4 Å². The Morgan fingerprint density at radius 1 is 1.17 bits per heavy atom. The number of carbonyl (C=O) groups excluding carboxylic acids is 1. The highest BCUT2D eigenvalue weighted by Crippen LogP contribution is 2.10. The fourth-order valence-electron chi connectivity index (χ4n) is 2.32. The van der Waals surface area contributed by atoms with Crippen LogP contribution in [0.15, 0.2) is 67.1 Å². The monoisotopic (exact) mass is 321 g/mol. The van der Waals surface area contributed by atoms with E-state index in [1.807, 2.05) is 61.7 Å². The first kappa shape index (κ1) is 15.7. The number of benzene rings is 1. The van der Waals surface area contributed by atoms with E-state index in [2.05, 4.69) is 20.7 Å². The molecule has 0 fully saturated rings. The predicted molar refractivity (Wildman–Crippen MR) is 91.6 cm³/mol. The number of pyridine rings is 1. The molecule has 3 rings (SSSR count). The molecular weight excluding hydrogens is 302 g/mol. The van der Waals surface area contributed by atoms with Crippen molar-refractivity contribution in [3.8, 4) is 5.82 Å². The van der Waals surface area contributed by atoms with E-state index in [1.54, 1.807) is 17.1 Å². The minimum Gasteiger partial charge on any atom is -0.334 e. The van der Waals surface area contributed by atoms with Gasteiger partial charge in [0.1, 0.15) is 0 Å². The molecule has 24 heavy (non-hydrogen) atoms. The quantitative estimate of drug-likeness (QED) is 0.759. The van der Waals surface area contributed by atoms with Gasteiger partial charge in [0.05, 0.1) is 6.04 Å². The Morgan fingerprint density at radius 3 is 2.67 bits per heavy atom. The zero-order valence-electron chi connectivity index (χ0n) is 13.4. The molecule has 0 saturated heterocycles. The minimum absolute atomic E-state index is 0.0495. The van der Waals surface area contributed by atoms with Crippen LogP contribution in [0.1, 0.15) is 24.1 Å². The zero-order valence-corrected chi connectivity index (χ0v) is 13.4. The third kappa shape index (κ3) is 3.98. The Labute approximate surface area is 140 Å². The standard InChI is InChI=1S/C18H19N5O/c1-14(16-6-3-2-4-7-16)22-18(24)20-13-15-8-9-17(19-12-15)23-11-5-10-21-23/h2-12,14H,13H2,1H3,(H2,20,22,24)/t14-/m1/s1. The Hall–Kier alpha value is -3.15. The maximum atomic E-state index is 12.0. The lowest BCUT2D eigenvalue weighted by Crippen LogP contribution is -2.36. The van der Waals surface area contributed by atoms with Crippen LogP contribution in [0.4, 0.5) is 4.79 Å². The van der Waals surface area contributed by atoms with Crippen LogP contribution in [0.25, 0.3) is 5.82 Å². The smallest absolute Gasteiger partial charge is 0.315 e. The summed E-state index contributed by atoms with van der Waals surface area (Å²) in [6, 6.07) is 15.2. The van der Waals surface area contributed by atoms with E-state index in [1.165, 1.54) is 0 Å². The SMILES string of the molecule is C[C@@H](NC(=O)NCc1ccc(-n2cccn2)nc1)c1ccccc1. The van der Waals surface area contributed by atoms with Gasteiger partial charge >= 0.3 is 6.03 Å². The van der Waals surface area contributed by atoms with E-state index in [4.69, 9.17) is 0 Å². The van der Waals surface area contributed by atoms with Gasteiger partial charge in [0.15, 0.2) is 5.82 Å². The van der Waals surface area contributed by atoms with Crippen LogP contribution in [0.2, 0.25) is 0 Å². The van der Waals surface area contributed by atoms with Gasteiger partial charge in [-0.3, -0.25) is 0 Å². The first-order valence-electron chi connectivity index (χ1n) is 7.76. The predicted octanol–water partition coefficient (Wildman–Crippen LogP) is 2.83. The number of carbonyl (C=O) groups is 1. The number of rotatable bonds is 5. The van der Waals surface area contributed by atoms with E-state index in [0.29, 0.717) is 6.54 Å². The molecule has 0 aliphatic rings. The maximum Gasteiger partial charge on any atom is 0.315 e. The molecule has 2 amide bonds. The van der Waals surface area contributed by atoms with Crippen molar-refractivity contribution in [3.05, 3.63) is 78.2 Å². The molecule has 122 valence electrons. The average molecular weight is 321 g/mol. The second-order valence-corrected chi connectivity index (χ2v) is 5.43. The number of hydrogen-bond donors (Lipinski definition) is 2. The first-order valence-corrected chi connectivity index (χ1v) is 7.76. The van der Waals surface area contributed by atoms with Crippen molar-refractivity contribution in [2.45, 2.75) is 19.5 Å². The lowest BCUT2D eigenvalue weighted by atomic mass is 10.1. The summed E-state index contributed by atoms with van der Waals surface area (Å²) in [7, 11) is 0. The number of aromatic nitrogens is 3. The Bertz CT molecular complexity index is 769. The van der Waals surface area contributed by atoms with Crippen LogP contribution in [0.3, 0.4) is 0 Å². The molecular formula is C18H19N5O. The highest BCUT2D eigenvalue weighted by atomic mass is 16.2. The van der Waals surface area contributed by atoms with Crippen molar-refractivity contribution < 1.29 is 4.79 Å². The summed E-state index contributed by atoms with van der Waals surface area (Å²) in [4.78, 5) is 16.3. The van der Waals surface area contributed by atoms with E-state index in [0.717, 1.165) is 16.9 Å². The average Bonchev–Trinajstić information content (AvgIpc) is 3.16. The Morgan fingerprint density at radius 2 is 2.00 bits per heavy atom. The fraction of sp³-hybridized carbons (Fsp3) is 0.167. The molecule has 1 aromatic carbocycles. The van der Waals surface area contributed by atoms with Crippen LogP contribution < -0.4 is 10.6 Å². The largest absolute Gasteiger partial charge is 0.334 e. The highest BCUT2D eigenvalue weighted by Gasteiger charge is 2.08. The number of hydrogen-bond acceptors (Lipinski definition) is 3. The summed E-state index contributed by atoms with van der Waals surface area (Å²) in [5.74, 6) is 0.742. The van der Waals surface area contributed by atoms with Gasteiger partial charge in [0.25, 0.3) is 0 Å². The molecule has 0 aliphatic heterocycles. The van der Waals surface area contributed by atoms with Crippen LogP contribution >= 0.6 is 0 Å². The maximum absolute atomic E-state index is 12.0. The van der Waals surface area contributed by atoms with E-state index in [-0.39, 0.29) is 12.1 Å².